The van der Waals surface area contributed by atoms with E-state index < -0.39 is 44.3 Å². The van der Waals surface area contributed by atoms with Gasteiger partial charge in [0.2, 0.25) is 17.7 Å². The number of imidazole rings is 2. The molecule has 5 atom stereocenters. The Morgan fingerprint density at radius 2 is 1.31 bits per heavy atom. The molecule has 16 nitrogen and oxygen atoms in total. The van der Waals surface area contributed by atoms with Crippen LogP contribution in [0.15, 0.2) is 60.8 Å². The summed E-state index contributed by atoms with van der Waals surface area (Å²) in [6, 6.07) is 16.5. The Kier molecular flexibility index (Phi) is 14.0. The lowest BCUT2D eigenvalue weighted by Gasteiger charge is -2.32. The van der Waals surface area contributed by atoms with Crippen LogP contribution in [0.3, 0.4) is 0 Å². The van der Waals surface area contributed by atoms with Gasteiger partial charge in [-0.3, -0.25) is 14.4 Å². The quantitative estimate of drug-likeness (QED) is 0.0693. The minimum Gasteiger partial charge on any atom is -0.453 e. The lowest BCUT2D eigenvalue weighted by atomic mass is 9.99. The predicted octanol–water partition coefficient (Wildman–Crippen LogP) is 7.68. The lowest BCUT2D eigenvalue weighted by Crippen LogP contribution is -2.57. The van der Waals surface area contributed by atoms with Crippen LogP contribution in [0, 0.1) is 11.8 Å². The van der Waals surface area contributed by atoms with E-state index in [-0.39, 0.29) is 35.7 Å². The first kappa shape index (κ1) is 46.8. The zero-order valence-electron chi connectivity index (χ0n) is 38.9. The molecule has 0 saturated carbocycles. The second-order valence-electron chi connectivity index (χ2n) is 19.2. The van der Waals surface area contributed by atoms with Crippen molar-refractivity contribution < 1.29 is 33.4 Å². The third-order valence-electron chi connectivity index (χ3n) is 12.5. The zero-order valence-corrected chi connectivity index (χ0v) is 39.9. The van der Waals surface area contributed by atoms with Crippen LogP contribution < -0.4 is 16.0 Å². The Morgan fingerprint density at radius 3 is 1.92 bits per heavy atom. The van der Waals surface area contributed by atoms with Gasteiger partial charge in [-0.05, 0) is 77.8 Å². The molecule has 2 aromatic heterocycles. The maximum Gasteiger partial charge on any atom is 0.407 e. The first-order valence-corrected chi connectivity index (χ1v) is 26.4. The summed E-state index contributed by atoms with van der Waals surface area (Å²) in [6.45, 7) is 15.1. The average molecular weight is 906 g/mol. The van der Waals surface area contributed by atoms with Gasteiger partial charge in [0.15, 0.2) is 0 Å². The van der Waals surface area contributed by atoms with Crippen molar-refractivity contribution in [3.63, 3.8) is 0 Å². The SMILES string of the molecule is COC(=O)NC(C(=O)N[C@@H](C[Si](C)(C)C)C(=O)N1CCC[C@H]1c1nc2ccc3cc(-c4ccc(-c5cnc([C@@H]6CCCN6C(=O)[C@@H](NC(=O)OC)C(C)C)[nH]5)cc4)ccc3c2[nH]1)C(C)C. The van der Waals surface area contributed by atoms with Crippen molar-refractivity contribution in [2.24, 2.45) is 11.8 Å². The van der Waals surface area contributed by atoms with Crippen molar-refractivity contribution in [1.82, 2.24) is 45.7 Å². The topological polar surface area (TPSA) is 204 Å². The van der Waals surface area contributed by atoms with Crippen LogP contribution in [0.5, 0.6) is 0 Å². The summed E-state index contributed by atoms with van der Waals surface area (Å²) in [5, 5.41) is 10.4. The van der Waals surface area contributed by atoms with Gasteiger partial charge in [0, 0.05) is 26.5 Å². The Hall–Kier alpha value is -6.23. The van der Waals surface area contributed by atoms with Crippen LogP contribution in [0.25, 0.3) is 44.2 Å². The number of fused-ring (bicyclic) bond motifs is 3. The van der Waals surface area contributed by atoms with E-state index in [0.717, 1.165) is 69.9 Å². The van der Waals surface area contributed by atoms with Crippen molar-refractivity contribution in [3.8, 4) is 22.4 Å². The molecule has 5 aromatic rings. The van der Waals surface area contributed by atoms with Gasteiger partial charge in [-0.15, -0.1) is 0 Å². The van der Waals surface area contributed by atoms with E-state index >= 15 is 0 Å². The molecule has 3 aromatic carbocycles. The Morgan fingerprint density at radius 1 is 0.723 bits per heavy atom. The van der Waals surface area contributed by atoms with Gasteiger partial charge in [0.1, 0.15) is 29.8 Å². The normalized spacial score (nSPS) is 18.0. The van der Waals surface area contributed by atoms with Crippen molar-refractivity contribution in [3.05, 3.63) is 72.4 Å². The molecule has 5 amide bonds. The number of benzene rings is 3. The molecule has 0 spiro atoms. The minimum absolute atomic E-state index is 0.116. The number of aromatic amines is 2. The summed E-state index contributed by atoms with van der Waals surface area (Å²) in [5.74, 6) is 0.391. The molecule has 0 bridgehead atoms. The number of nitrogens with one attached hydrogen (secondary N) is 5. The highest BCUT2D eigenvalue weighted by atomic mass is 28.3. The number of likely N-dealkylation sites (tertiary alicyclic amines) is 2. The number of amides is 5. The number of H-pyrrole nitrogens is 2. The second kappa shape index (κ2) is 19.5. The van der Waals surface area contributed by atoms with Crippen LogP contribution in [-0.4, -0.2) is 113 Å². The molecule has 7 rings (SSSR count). The number of carbonyl (C=O) groups is 5. The minimum atomic E-state index is -1.85. The molecule has 0 radical (unpaired) electrons. The molecule has 0 aliphatic carbocycles. The first-order chi connectivity index (χ1) is 31.0. The van der Waals surface area contributed by atoms with Crippen LogP contribution in [0.1, 0.15) is 77.1 Å². The van der Waals surface area contributed by atoms with Gasteiger partial charge < -0.3 is 45.2 Å². The Bertz CT molecular complexity index is 2550. The van der Waals surface area contributed by atoms with Crippen LogP contribution >= 0.6 is 0 Å². The predicted molar refractivity (Wildman–Crippen MR) is 252 cm³/mol. The summed E-state index contributed by atoms with van der Waals surface area (Å²) in [4.78, 5) is 86.1. The van der Waals surface area contributed by atoms with Crippen molar-refractivity contribution in [1.29, 1.82) is 0 Å². The molecule has 17 heteroatoms. The molecule has 4 heterocycles. The number of rotatable bonds is 14. The molecule has 2 aliphatic rings. The maximum atomic E-state index is 14.4. The third-order valence-corrected chi connectivity index (χ3v) is 14.2. The monoisotopic (exact) mass is 905 g/mol. The van der Waals surface area contributed by atoms with Crippen molar-refractivity contribution in [2.45, 2.75) is 109 Å². The van der Waals surface area contributed by atoms with E-state index in [1.165, 1.54) is 14.2 Å². The fourth-order valence-corrected chi connectivity index (χ4v) is 10.7. The molecular formula is C48H63N9O7Si. The highest BCUT2D eigenvalue weighted by Gasteiger charge is 2.40. The van der Waals surface area contributed by atoms with E-state index in [9.17, 15) is 24.0 Å². The Labute approximate surface area is 381 Å². The number of methoxy groups -OCH3 is 2. The highest BCUT2D eigenvalue weighted by Crippen LogP contribution is 2.37. The van der Waals surface area contributed by atoms with Gasteiger partial charge in [-0.2, -0.15) is 0 Å². The molecule has 5 N–H and O–H groups in total. The first-order valence-electron chi connectivity index (χ1n) is 22.6. The van der Waals surface area contributed by atoms with Crippen molar-refractivity contribution in [2.75, 3.05) is 27.3 Å². The standard InChI is InChI=1S/C48H63N9O7Si/c1-27(2)39(54-47(61)63-5)44(58)52-36(26-65(7,8)9)45(59)56-22-11-13-38(56)43-50-34-21-19-32-24-31(18-20-33(32)41(34)53-43)29-14-16-30(17-15-29)35-25-49-42(51-35)37-12-10-23-57(37)46(60)40(28(3)4)55-48(62)64-6/h14-21,24-25,27-28,36-40H,10-13,22-23,26H2,1-9H3,(H,49,51)(H,50,53)(H,52,58)(H,54,61)(H,55,62)/t36-,37-,38-,39?,40-/m0/s1. The number of hydrogen-bond acceptors (Lipinski definition) is 9. The molecule has 2 saturated heterocycles. The maximum absolute atomic E-state index is 14.4. The highest BCUT2D eigenvalue weighted by molar-refractivity contribution is 6.76. The van der Waals surface area contributed by atoms with E-state index in [1.54, 1.807) is 11.1 Å². The largest absolute Gasteiger partial charge is 0.453 e. The lowest BCUT2D eigenvalue weighted by molar-refractivity contribution is -0.137. The van der Waals surface area contributed by atoms with Gasteiger partial charge in [0.25, 0.3) is 0 Å². The average Bonchev–Trinajstić information content (AvgIpc) is 4.12. The molecule has 346 valence electrons. The summed E-state index contributed by atoms with van der Waals surface area (Å²) in [7, 11) is 0.691. The summed E-state index contributed by atoms with van der Waals surface area (Å²) in [5.41, 5.74) is 5.63. The zero-order chi connectivity index (χ0) is 46.7. The Balaban J connectivity index is 1.07. The van der Waals surface area contributed by atoms with E-state index in [4.69, 9.17) is 19.4 Å². The number of nitrogens with zero attached hydrogens (tertiary/aromatic N) is 4. The number of aromatic nitrogens is 4. The summed E-state index contributed by atoms with van der Waals surface area (Å²) >= 11 is 0. The van der Waals surface area contributed by atoms with E-state index in [2.05, 4.69) is 94.1 Å². The van der Waals surface area contributed by atoms with Gasteiger partial charge in [0.05, 0.1) is 49.2 Å². The molecule has 2 aliphatic heterocycles. The van der Waals surface area contributed by atoms with Gasteiger partial charge >= 0.3 is 12.2 Å². The van der Waals surface area contributed by atoms with Crippen molar-refractivity contribution >= 4 is 59.8 Å². The van der Waals surface area contributed by atoms with Crippen LogP contribution in [-0.2, 0) is 23.9 Å². The third kappa shape index (κ3) is 10.3. The summed E-state index contributed by atoms with van der Waals surface area (Å²) in [6.07, 6.45) is 3.63. The van der Waals surface area contributed by atoms with Gasteiger partial charge in [-0.25, -0.2) is 19.6 Å². The fraction of sp³-hybridized carbons (Fsp3) is 0.479. The molecule has 1 unspecified atom stereocenters. The van der Waals surface area contributed by atoms with Gasteiger partial charge in [-0.1, -0.05) is 89.8 Å². The number of carbonyl (C=O) groups excluding carboxylic acids is 5. The summed E-state index contributed by atoms with van der Waals surface area (Å²) < 4.78 is 9.54. The van der Waals surface area contributed by atoms with E-state index in [1.807, 2.05) is 38.7 Å². The number of alkyl carbamates (subject to hydrolysis) is 2. The smallest absolute Gasteiger partial charge is 0.407 e. The number of hydrogen-bond donors (Lipinski definition) is 5. The number of ether oxygens (including phenoxy) is 2. The molecule has 2 fully saturated rings. The van der Waals surface area contributed by atoms with E-state index in [0.29, 0.717) is 30.8 Å². The second-order valence-corrected chi connectivity index (χ2v) is 24.7. The molecular weight excluding hydrogens is 843 g/mol. The molecule has 65 heavy (non-hydrogen) atoms. The van der Waals surface area contributed by atoms with Crippen LogP contribution in [0.2, 0.25) is 25.7 Å². The fourth-order valence-electron chi connectivity index (χ4n) is 9.16. The van der Waals surface area contributed by atoms with Crippen LogP contribution in [0.4, 0.5) is 9.59 Å².